The number of phenols is 1. The molecule has 3 heteroatoms. The fourth-order valence-corrected chi connectivity index (χ4v) is 2.32. The second-order valence-electron chi connectivity index (χ2n) is 4.47. The zero-order valence-corrected chi connectivity index (χ0v) is 11.2. The third-order valence-corrected chi connectivity index (χ3v) is 3.08. The van der Waals surface area contributed by atoms with Gasteiger partial charge in [-0.3, -0.25) is 0 Å². The van der Waals surface area contributed by atoms with Crippen molar-refractivity contribution in [3.8, 4) is 28.7 Å². The van der Waals surface area contributed by atoms with Crippen LogP contribution in [0.1, 0.15) is 16.7 Å². The van der Waals surface area contributed by atoms with Gasteiger partial charge < -0.3 is 9.84 Å². The number of aromatic hydroxyl groups is 1. The van der Waals surface area contributed by atoms with E-state index in [1.54, 1.807) is 31.4 Å². The number of methoxy groups -OCH3 is 1. The molecule has 19 heavy (non-hydrogen) atoms. The molecule has 3 nitrogen and oxygen atoms in total. The predicted octanol–water partition coefficient (Wildman–Crippen LogP) is 3.56. The van der Waals surface area contributed by atoms with Crippen molar-refractivity contribution in [3.05, 3.63) is 47.0 Å². The van der Waals surface area contributed by atoms with Gasteiger partial charge in [-0.15, -0.1) is 0 Å². The van der Waals surface area contributed by atoms with Gasteiger partial charge in [0.2, 0.25) is 0 Å². The molecule has 0 saturated carbocycles. The van der Waals surface area contributed by atoms with E-state index >= 15 is 0 Å². The second kappa shape index (κ2) is 5.03. The van der Waals surface area contributed by atoms with Gasteiger partial charge in [0.1, 0.15) is 11.5 Å². The Hall–Kier alpha value is -2.47. The van der Waals surface area contributed by atoms with Crippen molar-refractivity contribution >= 4 is 0 Å². The van der Waals surface area contributed by atoms with Gasteiger partial charge in [0, 0.05) is 11.1 Å². The Morgan fingerprint density at radius 3 is 2.47 bits per heavy atom. The van der Waals surface area contributed by atoms with Crippen LogP contribution in [0, 0.1) is 25.2 Å². The molecule has 2 rings (SSSR count). The standard InChI is InChI=1S/C16H15NO2/c1-10-7-11(2)15(13(18)8-10)16-12(9-17)5-4-6-14(16)19-3/h4-8,18H,1-3H3. The molecule has 0 fully saturated rings. The normalized spacial score (nSPS) is 10.0. The van der Waals surface area contributed by atoms with Crippen LogP contribution in [0.5, 0.6) is 11.5 Å². The summed E-state index contributed by atoms with van der Waals surface area (Å²) < 4.78 is 5.32. The van der Waals surface area contributed by atoms with Crippen LogP contribution in [0.15, 0.2) is 30.3 Å². The van der Waals surface area contributed by atoms with Crippen LogP contribution in [-0.2, 0) is 0 Å². The quantitative estimate of drug-likeness (QED) is 0.890. The number of rotatable bonds is 2. The fraction of sp³-hybridized carbons (Fsp3) is 0.188. The molecule has 0 saturated heterocycles. The van der Waals surface area contributed by atoms with E-state index in [1.165, 1.54) is 0 Å². The first-order valence-electron chi connectivity index (χ1n) is 5.96. The summed E-state index contributed by atoms with van der Waals surface area (Å²) in [4.78, 5) is 0. The average Bonchev–Trinajstić information content (AvgIpc) is 2.37. The SMILES string of the molecule is COc1cccc(C#N)c1-c1c(C)cc(C)cc1O. The molecule has 0 bridgehead atoms. The Morgan fingerprint density at radius 1 is 1.16 bits per heavy atom. The first-order valence-corrected chi connectivity index (χ1v) is 5.96. The van der Waals surface area contributed by atoms with Crippen molar-refractivity contribution in [3.63, 3.8) is 0 Å². The van der Waals surface area contributed by atoms with Gasteiger partial charge in [-0.2, -0.15) is 5.26 Å². The molecule has 0 aliphatic carbocycles. The molecular formula is C16H15NO2. The number of aryl methyl sites for hydroxylation is 2. The van der Waals surface area contributed by atoms with E-state index in [2.05, 4.69) is 6.07 Å². The van der Waals surface area contributed by atoms with Crippen LogP contribution in [0.2, 0.25) is 0 Å². The molecule has 0 unspecified atom stereocenters. The van der Waals surface area contributed by atoms with Crippen LogP contribution in [0.3, 0.4) is 0 Å². The molecule has 2 aromatic carbocycles. The summed E-state index contributed by atoms with van der Waals surface area (Å²) in [5.74, 6) is 0.750. The molecule has 0 aliphatic rings. The first-order chi connectivity index (χ1) is 9.08. The molecule has 0 amide bonds. The Bertz CT molecular complexity index is 646. The lowest BCUT2D eigenvalue weighted by Crippen LogP contribution is -1.94. The summed E-state index contributed by atoms with van der Waals surface area (Å²) in [5.41, 5.74) is 3.68. The highest BCUT2D eigenvalue weighted by atomic mass is 16.5. The fourth-order valence-electron chi connectivity index (χ4n) is 2.32. The van der Waals surface area contributed by atoms with Crippen molar-refractivity contribution in [2.24, 2.45) is 0 Å². The topological polar surface area (TPSA) is 53.2 Å². The molecule has 0 radical (unpaired) electrons. The molecule has 0 spiro atoms. The van der Waals surface area contributed by atoms with E-state index in [0.29, 0.717) is 22.4 Å². The average molecular weight is 253 g/mol. The number of nitriles is 1. The summed E-state index contributed by atoms with van der Waals surface area (Å²) in [6.07, 6.45) is 0. The maximum absolute atomic E-state index is 10.2. The van der Waals surface area contributed by atoms with Crippen molar-refractivity contribution in [2.75, 3.05) is 7.11 Å². The highest BCUT2D eigenvalue weighted by Gasteiger charge is 2.17. The summed E-state index contributed by atoms with van der Waals surface area (Å²) in [6.45, 7) is 3.83. The lowest BCUT2D eigenvalue weighted by Gasteiger charge is -2.15. The van der Waals surface area contributed by atoms with E-state index in [-0.39, 0.29) is 5.75 Å². The van der Waals surface area contributed by atoms with Crippen LogP contribution < -0.4 is 4.74 Å². The van der Waals surface area contributed by atoms with Crippen LogP contribution >= 0.6 is 0 Å². The van der Waals surface area contributed by atoms with Gasteiger partial charge in [-0.1, -0.05) is 12.1 Å². The van der Waals surface area contributed by atoms with Gasteiger partial charge >= 0.3 is 0 Å². The monoisotopic (exact) mass is 253 g/mol. The number of benzene rings is 2. The van der Waals surface area contributed by atoms with Gasteiger partial charge in [0.15, 0.2) is 0 Å². The minimum atomic E-state index is 0.165. The highest BCUT2D eigenvalue weighted by Crippen LogP contribution is 2.40. The Kier molecular flexibility index (Phi) is 3.43. The maximum atomic E-state index is 10.2. The third-order valence-electron chi connectivity index (χ3n) is 3.08. The molecule has 96 valence electrons. The molecule has 0 aromatic heterocycles. The maximum Gasteiger partial charge on any atom is 0.128 e. The van der Waals surface area contributed by atoms with Gasteiger partial charge in [0.05, 0.1) is 18.7 Å². The van der Waals surface area contributed by atoms with E-state index in [1.807, 2.05) is 19.9 Å². The van der Waals surface area contributed by atoms with E-state index in [0.717, 1.165) is 11.1 Å². The molecule has 2 aromatic rings. The number of phenolic OH excluding ortho intramolecular Hbond substituents is 1. The van der Waals surface area contributed by atoms with Crippen molar-refractivity contribution < 1.29 is 9.84 Å². The van der Waals surface area contributed by atoms with Crippen molar-refractivity contribution in [2.45, 2.75) is 13.8 Å². The van der Waals surface area contributed by atoms with Crippen LogP contribution in [-0.4, -0.2) is 12.2 Å². The summed E-state index contributed by atoms with van der Waals surface area (Å²) in [7, 11) is 1.56. The molecule has 1 N–H and O–H groups in total. The number of hydrogen-bond acceptors (Lipinski definition) is 3. The first kappa shape index (κ1) is 13.0. The highest BCUT2D eigenvalue weighted by molar-refractivity contribution is 5.83. The Labute approximate surface area is 112 Å². The zero-order valence-electron chi connectivity index (χ0n) is 11.2. The number of hydrogen-bond donors (Lipinski definition) is 1. The minimum Gasteiger partial charge on any atom is -0.507 e. The van der Waals surface area contributed by atoms with E-state index in [9.17, 15) is 10.4 Å². The van der Waals surface area contributed by atoms with Gasteiger partial charge in [-0.05, 0) is 43.2 Å². The molecule has 0 atom stereocenters. The molecule has 0 heterocycles. The summed E-state index contributed by atoms with van der Waals surface area (Å²) in [5, 5.41) is 19.4. The minimum absolute atomic E-state index is 0.165. The van der Waals surface area contributed by atoms with Crippen molar-refractivity contribution in [1.82, 2.24) is 0 Å². The Morgan fingerprint density at radius 2 is 1.89 bits per heavy atom. The van der Waals surface area contributed by atoms with E-state index in [4.69, 9.17) is 4.74 Å². The zero-order chi connectivity index (χ0) is 14.0. The summed E-state index contributed by atoms with van der Waals surface area (Å²) in [6, 6.07) is 11.1. The lowest BCUT2D eigenvalue weighted by atomic mass is 9.93. The van der Waals surface area contributed by atoms with Gasteiger partial charge in [-0.25, -0.2) is 0 Å². The van der Waals surface area contributed by atoms with E-state index < -0.39 is 0 Å². The summed E-state index contributed by atoms with van der Waals surface area (Å²) >= 11 is 0. The molecule has 0 aliphatic heterocycles. The number of nitrogens with zero attached hydrogens (tertiary/aromatic N) is 1. The largest absolute Gasteiger partial charge is 0.507 e. The Balaban J connectivity index is 2.83. The molecular weight excluding hydrogens is 238 g/mol. The number of ether oxygens (including phenoxy) is 1. The third kappa shape index (κ3) is 2.25. The lowest BCUT2D eigenvalue weighted by molar-refractivity contribution is 0.415. The van der Waals surface area contributed by atoms with Gasteiger partial charge in [0.25, 0.3) is 0 Å². The van der Waals surface area contributed by atoms with Crippen LogP contribution in [0.25, 0.3) is 11.1 Å². The predicted molar refractivity (Wildman–Crippen MR) is 74.3 cm³/mol. The van der Waals surface area contributed by atoms with Crippen LogP contribution in [0.4, 0.5) is 0 Å². The second-order valence-corrected chi connectivity index (χ2v) is 4.47. The van der Waals surface area contributed by atoms with Crippen molar-refractivity contribution in [1.29, 1.82) is 5.26 Å². The smallest absolute Gasteiger partial charge is 0.128 e.